The number of aliphatic imine (C=N–C) groups is 1. The van der Waals surface area contributed by atoms with Gasteiger partial charge in [-0.3, -0.25) is 4.98 Å². The third-order valence-corrected chi connectivity index (χ3v) is 12.0. The lowest BCUT2D eigenvalue weighted by molar-refractivity contribution is 0.0163. The average Bonchev–Trinajstić information content (AvgIpc) is 3.54. The van der Waals surface area contributed by atoms with Crippen LogP contribution in [0, 0.1) is 27.7 Å². The predicted molar refractivity (Wildman–Crippen MR) is 219 cm³/mol. The van der Waals surface area contributed by atoms with Crippen LogP contribution in [0.2, 0.25) is 0 Å². The Morgan fingerprint density at radius 1 is 0.750 bits per heavy atom. The normalized spacial score (nSPS) is 21.7. The summed E-state index contributed by atoms with van der Waals surface area (Å²) in [6.07, 6.45) is 0.595. The molecule has 1 aliphatic carbocycles. The molecule has 1 aliphatic heterocycles. The van der Waals surface area contributed by atoms with Gasteiger partial charge in [-0.05, 0) is 159 Å². The molecule has 3 heterocycles. The van der Waals surface area contributed by atoms with Crippen molar-refractivity contribution in [3.63, 3.8) is 0 Å². The Balaban J connectivity index is 1.38. The number of rotatable bonds is 3. The second-order valence-corrected chi connectivity index (χ2v) is 17.8. The van der Waals surface area contributed by atoms with Gasteiger partial charge in [-0.1, -0.05) is 65.3 Å². The fourth-order valence-electron chi connectivity index (χ4n) is 8.22. The van der Waals surface area contributed by atoms with Crippen LogP contribution in [0.15, 0.2) is 84.0 Å². The van der Waals surface area contributed by atoms with E-state index in [-0.39, 0.29) is 17.3 Å². The third-order valence-electron chi connectivity index (χ3n) is 12.0. The largest absolute Gasteiger partial charge is 0.468 e. The van der Waals surface area contributed by atoms with Crippen molar-refractivity contribution in [3.8, 4) is 16.9 Å². The molecule has 0 N–H and O–H groups in total. The van der Waals surface area contributed by atoms with Crippen LogP contribution in [0.5, 0.6) is 0 Å². The molecule has 0 saturated heterocycles. The molecular weight excluding hydrogens is 635 g/mol. The van der Waals surface area contributed by atoms with Crippen LogP contribution >= 0.6 is 0 Å². The van der Waals surface area contributed by atoms with E-state index in [4.69, 9.17) is 14.7 Å². The summed E-state index contributed by atoms with van der Waals surface area (Å²) in [6.45, 7) is 26.1. The highest BCUT2D eigenvalue weighted by Crippen LogP contribution is 2.52. The van der Waals surface area contributed by atoms with Crippen molar-refractivity contribution in [1.82, 2.24) is 9.55 Å². The topological polar surface area (TPSA) is 39.4 Å². The number of hydrogen-bond donors (Lipinski definition) is 0. The highest BCUT2D eigenvalue weighted by molar-refractivity contribution is 6.11. The van der Waals surface area contributed by atoms with E-state index in [1.165, 1.54) is 33.0 Å². The summed E-state index contributed by atoms with van der Waals surface area (Å²) in [5.41, 5.74) is 13.1. The Kier molecular flexibility index (Phi) is 7.01. The van der Waals surface area contributed by atoms with Crippen LogP contribution in [0.1, 0.15) is 115 Å². The lowest BCUT2D eigenvalue weighted by Crippen LogP contribution is -2.48. The molecule has 0 amide bonds. The van der Waals surface area contributed by atoms with Crippen molar-refractivity contribution in [3.05, 3.63) is 129 Å². The number of ether oxygens (including phenoxy) is 1. The molecule has 4 aromatic carbocycles. The van der Waals surface area contributed by atoms with Crippen molar-refractivity contribution in [2.75, 3.05) is 0 Å². The summed E-state index contributed by atoms with van der Waals surface area (Å²) in [4.78, 5) is 10.3. The summed E-state index contributed by atoms with van der Waals surface area (Å²) in [5, 5.41) is 2.42. The van der Waals surface area contributed by atoms with Crippen LogP contribution in [-0.4, -0.2) is 21.0 Å². The maximum Gasteiger partial charge on any atom is 0.217 e. The molecule has 0 unspecified atom stereocenters. The fourth-order valence-corrected chi connectivity index (χ4v) is 8.22. The summed E-state index contributed by atoms with van der Waals surface area (Å²) in [5.74, 6) is 0.561. The quantitative estimate of drug-likeness (QED) is 0.186. The summed E-state index contributed by atoms with van der Waals surface area (Å²) in [6, 6.07) is 26.7. The zero-order valence-electron chi connectivity index (χ0n) is 35.0. The number of aryl methyl sites for hydroxylation is 3. The van der Waals surface area contributed by atoms with Crippen LogP contribution in [0.4, 0.5) is 0 Å². The SMILES string of the molecule is [2H]C1([2H])C[C@]2(C)OC(c3cc(-n4c5ccc(C)cc5c5cc(C)c(-c6cc(C(C)(C)C)ccn6)cc54)cc(C(C)(C)C)c3)=N[C@]2(C)c2ccc(C)c(C)c21. The standard InChI is InChI=1S/C48H53N3O/c1-28-13-16-42-38(21-28)39-22-30(3)37(41-26-33(18-20-49-41)45(5,6)7)27-43(39)51(42)35-24-32(23-34(25-35)46(8,9)10)44-50-48(12)40-15-14-29(2)31(4)36(40)17-19-47(48,11)52-44/h13-16,18,20-27H,17,19H2,1-12H3/t47-,48+/m0/s1/i17D2. The molecule has 4 nitrogen and oxygen atoms in total. The van der Waals surface area contributed by atoms with E-state index in [9.17, 15) is 2.74 Å². The molecule has 52 heavy (non-hydrogen) atoms. The molecule has 0 spiro atoms. The Hall–Kier alpha value is -4.70. The number of fused-ring (bicyclic) bond motifs is 6. The second-order valence-electron chi connectivity index (χ2n) is 17.8. The van der Waals surface area contributed by atoms with Crippen molar-refractivity contribution in [1.29, 1.82) is 0 Å². The van der Waals surface area contributed by atoms with Crippen LogP contribution in [0.3, 0.4) is 0 Å². The maximum atomic E-state index is 9.26. The molecule has 4 heteroatoms. The van der Waals surface area contributed by atoms with Gasteiger partial charge in [0, 0.05) is 36.5 Å². The van der Waals surface area contributed by atoms with Crippen molar-refractivity contribution in [2.24, 2.45) is 4.99 Å². The number of aromatic nitrogens is 2. The molecule has 2 atom stereocenters. The average molecular weight is 690 g/mol. The molecule has 266 valence electrons. The van der Waals surface area contributed by atoms with E-state index in [1.807, 2.05) is 20.0 Å². The molecule has 0 fully saturated rings. The summed E-state index contributed by atoms with van der Waals surface area (Å²) < 4.78 is 27.9. The number of pyridine rings is 1. The first-order valence-corrected chi connectivity index (χ1v) is 18.7. The Morgan fingerprint density at radius 3 is 2.21 bits per heavy atom. The summed E-state index contributed by atoms with van der Waals surface area (Å²) in [7, 11) is 0. The van der Waals surface area contributed by atoms with E-state index in [0.717, 1.165) is 55.8 Å². The minimum atomic E-state index is -1.55. The van der Waals surface area contributed by atoms with Gasteiger partial charge >= 0.3 is 0 Å². The van der Waals surface area contributed by atoms with Gasteiger partial charge in [0.15, 0.2) is 0 Å². The molecule has 0 saturated carbocycles. The molecule has 2 aromatic heterocycles. The monoisotopic (exact) mass is 689 g/mol. The zero-order valence-corrected chi connectivity index (χ0v) is 33.0. The molecular formula is C48H53N3O. The molecule has 0 bridgehead atoms. The van der Waals surface area contributed by atoms with Crippen molar-refractivity contribution < 1.29 is 7.48 Å². The first kappa shape index (κ1) is 32.0. The third kappa shape index (κ3) is 5.24. The smallest absolute Gasteiger partial charge is 0.217 e. The van der Waals surface area contributed by atoms with Crippen molar-refractivity contribution in [2.45, 2.75) is 118 Å². The minimum absolute atomic E-state index is 0.00522. The maximum absolute atomic E-state index is 9.26. The van der Waals surface area contributed by atoms with E-state index in [1.54, 1.807) is 0 Å². The lowest BCUT2D eigenvalue weighted by atomic mass is 9.67. The first-order chi connectivity index (χ1) is 25.1. The van der Waals surface area contributed by atoms with Crippen LogP contribution in [0.25, 0.3) is 38.8 Å². The Morgan fingerprint density at radius 2 is 1.48 bits per heavy atom. The lowest BCUT2D eigenvalue weighted by Gasteiger charge is -2.43. The van der Waals surface area contributed by atoms with E-state index >= 15 is 0 Å². The van der Waals surface area contributed by atoms with Gasteiger partial charge in [0.25, 0.3) is 0 Å². The molecule has 2 aliphatic rings. The number of nitrogens with zero attached hydrogens (tertiary/aromatic N) is 3. The second kappa shape index (κ2) is 11.4. The number of hydrogen-bond acceptors (Lipinski definition) is 3. The number of benzene rings is 4. The summed E-state index contributed by atoms with van der Waals surface area (Å²) >= 11 is 0. The fraction of sp³-hybridized carbons (Fsp3) is 0.375. The molecule has 0 radical (unpaired) electrons. The van der Waals surface area contributed by atoms with Gasteiger partial charge in [0.1, 0.15) is 11.1 Å². The minimum Gasteiger partial charge on any atom is -0.468 e. The van der Waals surface area contributed by atoms with Crippen LogP contribution < -0.4 is 0 Å². The van der Waals surface area contributed by atoms with Crippen LogP contribution in [-0.2, 0) is 27.5 Å². The predicted octanol–water partition coefficient (Wildman–Crippen LogP) is 12.1. The van der Waals surface area contributed by atoms with Gasteiger partial charge in [-0.2, -0.15) is 0 Å². The van der Waals surface area contributed by atoms with E-state index < -0.39 is 17.5 Å². The highest BCUT2D eigenvalue weighted by atomic mass is 16.5. The van der Waals surface area contributed by atoms with E-state index in [2.05, 4.69) is 147 Å². The van der Waals surface area contributed by atoms with Gasteiger partial charge < -0.3 is 9.30 Å². The van der Waals surface area contributed by atoms with Gasteiger partial charge in [0.05, 0.1) is 16.7 Å². The van der Waals surface area contributed by atoms with Gasteiger partial charge in [-0.15, -0.1) is 0 Å². The van der Waals surface area contributed by atoms with Crippen molar-refractivity contribution >= 4 is 27.7 Å². The zero-order chi connectivity index (χ0) is 38.9. The molecule has 6 aromatic rings. The van der Waals surface area contributed by atoms with Gasteiger partial charge in [-0.25, -0.2) is 4.99 Å². The highest BCUT2D eigenvalue weighted by Gasteiger charge is 2.56. The van der Waals surface area contributed by atoms with E-state index in [0.29, 0.717) is 5.90 Å². The first-order valence-electron chi connectivity index (χ1n) is 19.7. The Labute approximate surface area is 312 Å². The Bertz CT molecular complexity index is 2580. The molecule has 8 rings (SSSR count). The van der Waals surface area contributed by atoms with Gasteiger partial charge in [0.2, 0.25) is 5.90 Å².